The van der Waals surface area contributed by atoms with Crippen molar-refractivity contribution in [1.29, 1.82) is 0 Å². The second-order valence-electron chi connectivity index (χ2n) is 2.94. The van der Waals surface area contributed by atoms with Crippen molar-refractivity contribution < 1.29 is 17.0 Å². The first kappa shape index (κ1) is 11.0. The predicted octanol–water partition coefficient (Wildman–Crippen LogP) is 1.80. The summed E-state index contributed by atoms with van der Waals surface area (Å²) in [4.78, 5) is 0. The van der Waals surface area contributed by atoms with Crippen LogP contribution in [-0.4, -0.2) is 15.5 Å². The maximum Gasteiger partial charge on any atom is 0.306 e. The van der Waals surface area contributed by atoms with Crippen molar-refractivity contribution in [1.82, 2.24) is 0 Å². The van der Waals surface area contributed by atoms with E-state index in [0.29, 0.717) is 16.9 Å². The van der Waals surface area contributed by atoms with Crippen LogP contribution in [0.25, 0.3) is 0 Å². The molecule has 0 atom stereocenters. The summed E-state index contributed by atoms with van der Waals surface area (Å²) in [6.07, 6.45) is 0. The number of methoxy groups -OCH3 is 1. The van der Waals surface area contributed by atoms with Crippen LogP contribution < -0.4 is 4.74 Å². The minimum atomic E-state index is -4.51. The Kier molecular flexibility index (Phi) is 3.10. The van der Waals surface area contributed by atoms with E-state index in [2.05, 4.69) is 0 Å². The molecule has 0 aliphatic carbocycles. The van der Waals surface area contributed by atoms with Crippen LogP contribution in [0.1, 0.15) is 11.1 Å². The van der Waals surface area contributed by atoms with E-state index in [1.54, 1.807) is 25.1 Å². The van der Waals surface area contributed by atoms with E-state index in [1.807, 2.05) is 0 Å². The third kappa shape index (κ3) is 2.70. The van der Waals surface area contributed by atoms with Crippen LogP contribution in [0.5, 0.6) is 5.75 Å². The van der Waals surface area contributed by atoms with Gasteiger partial charge in [0, 0.05) is 5.56 Å². The van der Waals surface area contributed by atoms with Gasteiger partial charge in [-0.3, -0.25) is 0 Å². The Hall–Kier alpha value is -1.10. The first-order valence-corrected chi connectivity index (χ1v) is 5.54. The van der Waals surface area contributed by atoms with E-state index >= 15 is 0 Å². The molecule has 0 aliphatic rings. The zero-order chi connectivity index (χ0) is 10.8. The average Bonchev–Trinajstić information content (AvgIpc) is 2.06. The number of aryl methyl sites for hydroxylation is 1. The molecule has 0 radical (unpaired) electrons. The molecule has 0 N–H and O–H groups in total. The van der Waals surface area contributed by atoms with Crippen LogP contribution in [-0.2, 0) is 16.0 Å². The molecule has 0 saturated heterocycles. The summed E-state index contributed by atoms with van der Waals surface area (Å²) in [5.74, 6) is -0.241. The fraction of sp³-hybridized carbons (Fsp3) is 0.333. The minimum absolute atomic E-state index is 0.373. The zero-order valence-electron chi connectivity index (χ0n) is 7.95. The fourth-order valence-corrected chi connectivity index (χ4v) is 1.94. The van der Waals surface area contributed by atoms with Gasteiger partial charge in [0.05, 0.1) is 7.11 Å². The van der Waals surface area contributed by atoms with Crippen LogP contribution in [0.3, 0.4) is 0 Å². The van der Waals surface area contributed by atoms with Crippen LogP contribution in [0.15, 0.2) is 18.2 Å². The van der Waals surface area contributed by atoms with Gasteiger partial charge < -0.3 is 4.74 Å². The summed E-state index contributed by atoms with van der Waals surface area (Å²) < 4.78 is 38.4. The highest BCUT2D eigenvalue weighted by atomic mass is 32.3. The van der Waals surface area contributed by atoms with E-state index in [4.69, 9.17) is 4.74 Å². The van der Waals surface area contributed by atoms with Crippen molar-refractivity contribution in [2.24, 2.45) is 0 Å². The van der Waals surface area contributed by atoms with Gasteiger partial charge in [0.1, 0.15) is 11.5 Å². The quantitative estimate of drug-likeness (QED) is 0.726. The van der Waals surface area contributed by atoms with Crippen LogP contribution >= 0.6 is 0 Å². The number of ether oxygens (including phenoxy) is 1. The lowest BCUT2D eigenvalue weighted by Crippen LogP contribution is -2.01. The first-order valence-electron chi connectivity index (χ1n) is 3.99. The maximum absolute atomic E-state index is 12.5. The highest BCUT2D eigenvalue weighted by Gasteiger charge is 2.15. The van der Waals surface area contributed by atoms with E-state index in [0.717, 1.165) is 0 Å². The molecule has 0 amide bonds. The lowest BCUT2D eigenvalue weighted by atomic mass is 10.1. The highest BCUT2D eigenvalue weighted by Crippen LogP contribution is 2.24. The smallest absolute Gasteiger partial charge is 0.306 e. The van der Waals surface area contributed by atoms with Gasteiger partial charge in [0.25, 0.3) is 0 Å². The number of halogens is 1. The van der Waals surface area contributed by atoms with Crippen LogP contribution in [0.2, 0.25) is 0 Å². The average molecular weight is 218 g/mol. The van der Waals surface area contributed by atoms with E-state index in [9.17, 15) is 12.3 Å². The Morgan fingerprint density at radius 2 is 2.07 bits per heavy atom. The molecule has 0 bridgehead atoms. The summed E-state index contributed by atoms with van der Waals surface area (Å²) >= 11 is 0. The van der Waals surface area contributed by atoms with E-state index in [1.165, 1.54) is 7.11 Å². The van der Waals surface area contributed by atoms with Gasteiger partial charge in [-0.2, -0.15) is 8.42 Å². The SMILES string of the molecule is COc1cccc(C)c1CS(=O)(=O)F. The molecule has 0 aliphatic heterocycles. The lowest BCUT2D eigenvalue weighted by molar-refractivity contribution is 0.410. The molecule has 1 aromatic carbocycles. The highest BCUT2D eigenvalue weighted by molar-refractivity contribution is 7.85. The van der Waals surface area contributed by atoms with Crippen LogP contribution in [0, 0.1) is 6.92 Å². The minimum Gasteiger partial charge on any atom is -0.496 e. The molecule has 14 heavy (non-hydrogen) atoms. The van der Waals surface area contributed by atoms with Crippen molar-refractivity contribution in [3.05, 3.63) is 29.3 Å². The van der Waals surface area contributed by atoms with Gasteiger partial charge in [-0.25, -0.2) is 0 Å². The number of hydrogen-bond acceptors (Lipinski definition) is 3. The third-order valence-electron chi connectivity index (χ3n) is 1.90. The molecule has 0 unspecified atom stereocenters. The van der Waals surface area contributed by atoms with Crippen molar-refractivity contribution in [3.8, 4) is 5.75 Å². The number of benzene rings is 1. The lowest BCUT2D eigenvalue weighted by Gasteiger charge is -2.08. The largest absolute Gasteiger partial charge is 0.496 e. The molecule has 0 saturated carbocycles. The summed E-state index contributed by atoms with van der Waals surface area (Å²) in [6.45, 7) is 1.71. The van der Waals surface area contributed by atoms with Gasteiger partial charge in [0.15, 0.2) is 0 Å². The Morgan fingerprint density at radius 1 is 1.43 bits per heavy atom. The van der Waals surface area contributed by atoms with Crippen molar-refractivity contribution in [2.75, 3.05) is 7.11 Å². The first-order chi connectivity index (χ1) is 6.44. The monoisotopic (exact) mass is 218 g/mol. The van der Waals surface area contributed by atoms with Crippen molar-refractivity contribution >= 4 is 10.2 Å². The second kappa shape index (κ2) is 3.96. The molecule has 0 heterocycles. The van der Waals surface area contributed by atoms with E-state index in [-0.39, 0.29) is 0 Å². The van der Waals surface area contributed by atoms with Gasteiger partial charge in [0.2, 0.25) is 0 Å². The summed E-state index contributed by atoms with van der Waals surface area (Å²) in [7, 11) is -3.09. The second-order valence-corrected chi connectivity index (χ2v) is 4.31. The molecule has 1 rings (SSSR count). The molecule has 78 valence electrons. The molecular weight excluding hydrogens is 207 g/mol. The topological polar surface area (TPSA) is 43.4 Å². The molecule has 3 nitrogen and oxygen atoms in total. The Morgan fingerprint density at radius 3 is 2.57 bits per heavy atom. The summed E-state index contributed by atoms with van der Waals surface area (Å²) in [5, 5.41) is 0. The predicted molar refractivity (Wildman–Crippen MR) is 51.5 cm³/mol. The van der Waals surface area contributed by atoms with Crippen LogP contribution in [0.4, 0.5) is 3.89 Å². The molecule has 0 spiro atoms. The molecule has 0 aromatic heterocycles. The van der Waals surface area contributed by atoms with Gasteiger partial charge in [-0.05, 0) is 18.6 Å². The molecule has 5 heteroatoms. The van der Waals surface area contributed by atoms with Gasteiger partial charge in [-0.15, -0.1) is 3.89 Å². The zero-order valence-corrected chi connectivity index (χ0v) is 8.77. The summed E-state index contributed by atoms with van der Waals surface area (Å²) in [5.41, 5.74) is 1.07. The molecule has 0 fully saturated rings. The fourth-order valence-electron chi connectivity index (χ4n) is 1.22. The number of rotatable bonds is 3. The van der Waals surface area contributed by atoms with Gasteiger partial charge >= 0.3 is 10.2 Å². The molecular formula is C9H11FO3S. The van der Waals surface area contributed by atoms with Gasteiger partial charge in [-0.1, -0.05) is 12.1 Å². The summed E-state index contributed by atoms with van der Waals surface area (Å²) in [6, 6.07) is 5.04. The molecule has 1 aromatic rings. The standard InChI is InChI=1S/C9H11FO3S/c1-7-4-3-5-9(13-2)8(7)6-14(10,11)12/h3-5H,6H2,1-2H3. The third-order valence-corrected chi connectivity index (χ3v) is 2.54. The Labute approximate surface area is 82.7 Å². The van der Waals surface area contributed by atoms with E-state index < -0.39 is 16.0 Å². The van der Waals surface area contributed by atoms with Crippen molar-refractivity contribution in [3.63, 3.8) is 0 Å². The van der Waals surface area contributed by atoms with Crippen molar-refractivity contribution in [2.45, 2.75) is 12.7 Å². The maximum atomic E-state index is 12.5. The normalized spacial score (nSPS) is 11.4. The number of hydrogen-bond donors (Lipinski definition) is 0. The Balaban J connectivity index is 3.18. The Bertz CT molecular complexity index is 426.